The van der Waals surface area contributed by atoms with Crippen LogP contribution < -0.4 is 14.8 Å². The molecule has 3 rings (SSSR count). The van der Waals surface area contributed by atoms with Crippen molar-refractivity contribution in [1.82, 2.24) is 0 Å². The van der Waals surface area contributed by atoms with Crippen molar-refractivity contribution in [3.63, 3.8) is 0 Å². The van der Waals surface area contributed by atoms with Crippen molar-refractivity contribution < 1.29 is 14.3 Å². The number of para-hydroxylation sites is 1. The molecule has 1 aliphatic heterocycles. The van der Waals surface area contributed by atoms with Crippen LogP contribution in [0.4, 0.5) is 5.69 Å². The van der Waals surface area contributed by atoms with E-state index in [2.05, 4.69) is 11.4 Å². The molecule has 1 N–H and O–H groups in total. The number of amides is 1. The van der Waals surface area contributed by atoms with Crippen LogP contribution >= 0.6 is 0 Å². The number of carbonyl (C=O) groups excluding carboxylic acids is 1. The summed E-state index contributed by atoms with van der Waals surface area (Å²) in [5.41, 5.74) is 1.37. The van der Waals surface area contributed by atoms with Crippen molar-refractivity contribution in [2.45, 2.75) is 6.42 Å². The zero-order valence-electron chi connectivity index (χ0n) is 11.8. The normalized spacial score (nSPS) is 12.9. The van der Waals surface area contributed by atoms with Crippen molar-refractivity contribution in [2.24, 2.45) is 0 Å². The van der Waals surface area contributed by atoms with Gasteiger partial charge in [0.1, 0.15) is 6.07 Å². The van der Waals surface area contributed by atoms with Gasteiger partial charge in [0.15, 0.2) is 11.5 Å². The Morgan fingerprint density at radius 3 is 2.68 bits per heavy atom. The lowest BCUT2D eigenvalue weighted by molar-refractivity contribution is 0.102. The van der Waals surface area contributed by atoms with Crippen molar-refractivity contribution in [1.29, 1.82) is 5.26 Å². The predicted molar refractivity (Wildman–Crippen MR) is 81.2 cm³/mol. The zero-order valence-corrected chi connectivity index (χ0v) is 11.8. The lowest BCUT2D eigenvalue weighted by Gasteiger charge is -2.10. The van der Waals surface area contributed by atoms with E-state index in [1.54, 1.807) is 42.5 Å². The molecule has 5 nitrogen and oxygen atoms in total. The molecule has 0 spiro atoms. The number of nitrogens with zero attached hydrogens (tertiary/aromatic N) is 1. The largest absolute Gasteiger partial charge is 0.490 e. The average Bonchev–Trinajstić information content (AvgIpc) is 2.79. The molecule has 0 aromatic heterocycles. The van der Waals surface area contributed by atoms with Crippen LogP contribution in [0.15, 0.2) is 42.5 Å². The standard InChI is InChI=1S/C17H14N2O3/c18-11-13-4-1-2-5-14(13)19-17(20)12-6-7-15-16(10-12)22-9-3-8-21-15/h1-2,4-7,10H,3,8-9H2,(H,19,20). The molecular weight excluding hydrogens is 280 g/mol. The highest BCUT2D eigenvalue weighted by Gasteiger charge is 2.15. The molecule has 1 amide bonds. The minimum absolute atomic E-state index is 0.293. The van der Waals surface area contributed by atoms with Crippen molar-refractivity contribution in [3.05, 3.63) is 53.6 Å². The molecular formula is C17H14N2O3. The Hall–Kier alpha value is -3.00. The zero-order chi connectivity index (χ0) is 15.4. The third-order valence-corrected chi connectivity index (χ3v) is 3.31. The molecule has 0 saturated carbocycles. The van der Waals surface area contributed by atoms with E-state index in [1.165, 1.54) is 0 Å². The first-order chi connectivity index (χ1) is 10.8. The molecule has 110 valence electrons. The highest BCUT2D eigenvalue weighted by atomic mass is 16.5. The van der Waals surface area contributed by atoms with Gasteiger partial charge < -0.3 is 14.8 Å². The number of fused-ring (bicyclic) bond motifs is 1. The van der Waals surface area contributed by atoms with Gasteiger partial charge in [0, 0.05) is 12.0 Å². The first-order valence-corrected chi connectivity index (χ1v) is 6.98. The first-order valence-electron chi connectivity index (χ1n) is 6.98. The third kappa shape index (κ3) is 2.86. The quantitative estimate of drug-likeness (QED) is 0.924. The van der Waals surface area contributed by atoms with Gasteiger partial charge in [-0.3, -0.25) is 4.79 Å². The van der Waals surface area contributed by atoms with Crippen molar-refractivity contribution >= 4 is 11.6 Å². The molecule has 22 heavy (non-hydrogen) atoms. The second kappa shape index (κ2) is 6.19. The average molecular weight is 294 g/mol. The Bertz CT molecular complexity index is 750. The molecule has 2 aromatic rings. The molecule has 1 heterocycles. The van der Waals surface area contributed by atoms with Gasteiger partial charge in [-0.2, -0.15) is 5.26 Å². The molecule has 0 aliphatic carbocycles. The lowest BCUT2D eigenvalue weighted by atomic mass is 10.1. The van der Waals surface area contributed by atoms with Crippen LogP contribution in [0.25, 0.3) is 0 Å². The van der Waals surface area contributed by atoms with Crippen LogP contribution in [-0.4, -0.2) is 19.1 Å². The van der Waals surface area contributed by atoms with Crippen LogP contribution in [0.1, 0.15) is 22.3 Å². The van der Waals surface area contributed by atoms with E-state index in [9.17, 15) is 4.79 Å². The summed E-state index contributed by atoms with van der Waals surface area (Å²) in [6.07, 6.45) is 0.811. The molecule has 0 fully saturated rings. The van der Waals surface area contributed by atoms with Gasteiger partial charge in [-0.25, -0.2) is 0 Å². The summed E-state index contributed by atoms with van der Waals surface area (Å²) in [6.45, 7) is 1.17. The summed E-state index contributed by atoms with van der Waals surface area (Å²) < 4.78 is 11.1. The van der Waals surface area contributed by atoms with E-state index in [0.29, 0.717) is 41.5 Å². The second-order valence-corrected chi connectivity index (χ2v) is 4.82. The van der Waals surface area contributed by atoms with E-state index in [1.807, 2.05) is 0 Å². The monoisotopic (exact) mass is 294 g/mol. The maximum absolute atomic E-state index is 12.3. The highest BCUT2D eigenvalue weighted by Crippen LogP contribution is 2.30. The van der Waals surface area contributed by atoms with E-state index in [-0.39, 0.29) is 5.91 Å². The van der Waals surface area contributed by atoms with Gasteiger partial charge in [0.25, 0.3) is 5.91 Å². The molecule has 0 unspecified atom stereocenters. The highest BCUT2D eigenvalue weighted by molar-refractivity contribution is 6.05. The van der Waals surface area contributed by atoms with Gasteiger partial charge >= 0.3 is 0 Å². The first kappa shape index (κ1) is 14.0. The SMILES string of the molecule is N#Cc1ccccc1NC(=O)c1ccc2c(c1)OCCCO2. The topological polar surface area (TPSA) is 71.4 Å². The number of rotatable bonds is 2. The Labute approximate surface area is 128 Å². The maximum Gasteiger partial charge on any atom is 0.255 e. The van der Waals surface area contributed by atoms with E-state index in [4.69, 9.17) is 14.7 Å². The van der Waals surface area contributed by atoms with Crippen LogP contribution in [0.5, 0.6) is 11.5 Å². The van der Waals surface area contributed by atoms with Crippen LogP contribution in [-0.2, 0) is 0 Å². The van der Waals surface area contributed by atoms with E-state index >= 15 is 0 Å². The van der Waals surface area contributed by atoms with Crippen molar-refractivity contribution in [3.8, 4) is 17.6 Å². The molecule has 0 saturated heterocycles. The van der Waals surface area contributed by atoms with Crippen LogP contribution in [0.2, 0.25) is 0 Å². The van der Waals surface area contributed by atoms with Gasteiger partial charge in [-0.1, -0.05) is 12.1 Å². The Balaban J connectivity index is 1.84. The summed E-state index contributed by atoms with van der Waals surface area (Å²) in [5, 5.41) is 11.8. The molecule has 1 aliphatic rings. The summed E-state index contributed by atoms with van der Waals surface area (Å²) in [6, 6.07) is 14.0. The van der Waals surface area contributed by atoms with Gasteiger partial charge in [-0.15, -0.1) is 0 Å². The predicted octanol–water partition coefficient (Wildman–Crippen LogP) is 2.97. The van der Waals surface area contributed by atoms with E-state index < -0.39 is 0 Å². The molecule has 2 aromatic carbocycles. The smallest absolute Gasteiger partial charge is 0.255 e. The molecule has 0 atom stereocenters. The fourth-order valence-electron chi connectivity index (χ4n) is 2.19. The fourth-order valence-corrected chi connectivity index (χ4v) is 2.19. The second-order valence-electron chi connectivity index (χ2n) is 4.82. The number of hydrogen-bond acceptors (Lipinski definition) is 4. The summed E-state index contributed by atoms with van der Waals surface area (Å²) in [4.78, 5) is 12.3. The van der Waals surface area contributed by atoms with E-state index in [0.717, 1.165) is 6.42 Å². The summed E-state index contributed by atoms with van der Waals surface area (Å²) in [5.74, 6) is 0.920. The van der Waals surface area contributed by atoms with Gasteiger partial charge in [0.2, 0.25) is 0 Å². The Morgan fingerprint density at radius 1 is 1.09 bits per heavy atom. The number of ether oxygens (including phenoxy) is 2. The summed E-state index contributed by atoms with van der Waals surface area (Å²) in [7, 11) is 0. The number of carbonyl (C=O) groups is 1. The Kier molecular flexibility index (Phi) is 3.92. The van der Waals surface area contributed by atoms with Crippen molar-refractivity contribution in [2.75, 3.05) is 18.5 Å². The number of benzene rings is 2. The minimum Gasteiger partial charge on any atom is -0.490 e. The minimum atomic E-state index is -0.293. The Morgan fingerprint density at radius 2 is 1.86 bits per heavy atom. The summed E-state index contributed by atoms with van der Waals surface area (Å²) >= 11 is 0. The number of nitrogens with one attached hydrogen (secondary N) is 1. The number of anilines is 1. The fraction of sp³-hybridized carbons (Fsp3) is 0.176. The van der Waals surface area contributed by atoms with Gasteiger partial charge in [0.05, 0.1) is 24.5 Å². The maximum atomic E-state index is 12.3. The van der Waals surface area contributed by atoms with Gasteiger partial charge in [-0.05, 0) is 30.3 Å². The van der Waals surface area contributed by atoms with Crippen LogP contribution in [0, 0.1) is 11.3 Å². The molecule has 0 radical (unpaired) electrons. The third-order valence-electron chi connectivity index (χ3n) is 3.31. The molecule has 0 bridgehead atoms. The molecule has 5 heteroatoms. The lowest BCUT2D eigenvalue weighted by Crippen LogP contribution is -2.13. The number of nitriles is 1. The van der Waals surface area contributed by atoms with Crippen LogP contribution in [0.3, 0.4) is 0 Å². The number of hydrogen-bond donors (Lipinski definition) is 1.